The highest BCUT2D eigenvalue weighted by molar-refractivity contribution is 7.91. The second kappa shape index (κ2) is 5.85. The molecule has 1 aromatic rings. The van der Waals surface area contributed by atoms with Crippen molar-refractivity contribution in [1.82, 2.24) is 0 Å². The number of hydrogen-bond donors (Lipinski definition) is 0. The van der Waals surface area contributed by atoms with Crippen LogP contribution in [0.2, 0.25) is 0 Å². The molecule has 0 saturated heterocycles. The van der Waals surface area contributed by atoms with Crippen LogP contribution < -0.4 is 0 Å². The molecular formula is C13H18O2S. The summed E-state index contributed by atoms with van der Waals surface area (Å²) in [5.74, 6) is 0.158. The van der Waals surface area contributed by atoms with Gasteiger partial charge in [-0.05, 0) is 37.5 Å². The van der Waals surface area contributed by atoms with E-state index in [1.165, 1.54) is 0 Å². The largest absolute Gasteiger partial charge is 0.224 e. The third kappa shape index (κ3) is 3.49. The van der Waals surface area contributed by atoms with Crippen LogP contribution >= 0.6 is 0 Å². The zero-order valence-electron chi connectivity index (χ0n) is 9.81. The molecule has 0 aliphatic carbocycles. The van der Waals surface area contributed by atoms with Gasteiger partial charge in [-0.3, -0.25) is 0 Å². The van der Waals surface area contributed by atoms with E-state index in [1.54, 1.807) is 19.1 Å². The third-order valence-corrected chi connectivity index (χ3v) is 4.21. The highest BCUT2D eigenvalue weighted by Gasteiger charge is 2.10. The van der Waals surface area contributed by atoms with Crippen LogP contribution in [0.3, 0.4) is 0 Å². The van der Waals surface area contributed by atoms with E-state index in [0.717, 1.165) is 18.4 Å². The fraction of sp³-hybridized carbons (Fsp3) is 0.385. The van der Waals surface area contributed by atoms with Gasteiger partial charge in [0, 0.05) is 0 Å². The Balaban J connectivity index is 2.87. The van der Waals surface area contributed by atoms with Gasteiger partial charge in [-0.1, -0.05) is 31.2 Å². The van der Waals surface area contributed by atoms with Gasteiger partial charge in [-0.25, -0.2) is 8.42 Å². The van der Waals surface area contributed by atoms with Crippen molar-refractivity contribution in [2.45, 2.75) is 31.6 Å². The number of sulfone groups is 1. The minimum absolute atomic E-state index is 0.158. The van der Waals surface area contributed by atoms with E-state index in [1.807, 2.05) is 25.1 Å². The van der Waals surface area contributed by atoms with Crippen LogP contribution in [-0.2, 0) is 16.3 Å². The van der Waals surface area contributed by atoms with Crippen molar-refractivity contribution < 1.29 is 8.42 Å². The van der Waals surface area contributed by atoms with E-state index in [4.69, 9.17) is 0 Å². The first kappa shape index (κ1) is 13.0. The molecule has 0 heterocycles. The summed E-state index contributed by atoms with van der Waals surface area (Å²) in [6, 6.07) is 7.23. The Morgan fingerprint density at radius 3 is 2.69 bits per heavy atom. The maximum atomic E-state index is 11.7. The number of allylic oxidation sites excluding steroid dienone is 2. The molecule has 0 fully saturated rings. The molecule has 0 spiro atoms. The topological polar surface area (TPSA) is 34.1 Å². The van der Waals surface area contributed by atoms with Crippen LogP contribution in [0.15, 0.2) is 41.3 Å². The van der Waals surface area contributed by atoms with Crippen LogP contribution in [0.25, 0.3) is 0 Å². The minimum atomic E-state index is -3.07. The van der Waals surface area contributed by atoms with Crippen molar-refractivity contribution in [2.24, 2.45) is 0 Å². The molecule has 0 aliphatic heterocycles. The zero-order valence-corrected chi connectivity index (χ0v) is 10.6. The summed E-state index contributed by atoms with van der Waals surface area (Å²) in [5, 5.41) is 0. The summed E-state index contributed by atoms with van der Waals surface area (Å²) < 4.78 is 23.3. The van der Waals surface area contributed by atoms with Gasteiger partial charge in [0.25, 0.3) is 0 Å². The highest BCUT2D eigenvalue weighted by Crippen LogP contribution is 2.14. The highest BCUT2D eigenvalue weighted by atomic mass is 32.2. The molecule has 0 amide bonds. The molecule has 0 aliphatic rings. The second-order valence-electron chi connectivity index (χ2n) is 3.66. The first-order chi connectivity index (χ1) is 7.60. The van der Waals surface area contributed by atoms with Gasteiger partial charge in [0.2, 0.25) is 0 Å². The van der Waals surface area contributed by atoms with Crippen molar-refractivity contribution in [2.75, 3.05) is 5.75 Å². The Morgan fingerprint density at radius 1 is 1.31 bits per heavy atom. The van der Waals surface area contributed by atoms with E-state index in [2.05, 4.69) is 6.08 Å². The van der Waals surface area contributed by atoms with Crippen LogP contribution in [-0.4, -0.2) is 14.2 Å². The third-order valence-electron chi connectivity index (χ3n) is 2.47. The minimum Gasteiger partial charge on any atom is -0.224 e. The summed E-state index contributed by atoms with van der Waals surface area (Å²) >= 11 is 0. The van der Waals surface area contributed by atoms with Gasteiger partial charge in [-0.15, -0.1) is 0 Å². The summed E-state index contributed by atoms with van der Waals surface area (Å²) in [6.07, 6.45) is 5.93. The Labute approximate surface area is 97.9 Å². The Hall–Kier alpha value is -1.09. The lowest BCUT2D eigenvalue weighted by molar-refractivity contribution is 0.597. The molecular weight excluding hydrogens is 220 g/mol. The van der Waals surface area contributed by atoms with E-state index < -0.39 is 9.84 Å². The van der Waals surface area contributed by atoms with Crippen LogP contribution in [0.4, 0.5) is 0 Å². The average Bonchev–Trinajstić information content (AvgIpc) is 2.30. The summed E-state index contributed by atoms with van der Waals surface area (Å²) in [4.78, 5) is 0.438. The monoisotopic (exact) mass is 238 g/mol. The number of hydrogen-bond acceptors (Lipinski definition) is 2. The average molecular weight is 238 g/mol. The molecule has 16 heavy (non-hydrogen) atoms. The Morgan fingerprint density at radius 2 is 2.06 bits per heavy atom. The van der Waals surface area contributed by atoms with E-state index in [-0.39, 0.29) is 5.75 Å². The van der Waals surface area contributed by atoms with E-state index >= 15 is 0 Å². The molecule has 0 radical (unpaired) electrons. The van der Waals surface area contributed by atoms with Crippen molar-refractivity contribution >= 4 is 9.84 Å². The Kier molecular flexibility index (Phi) is 4.74. The molecule has 0 N–H and O–H groups in total. The molecule has 0 unspecified atom stereocenters. The SMILES string of the molecule is C/C=C\CCc1cccc(S(=O)(=O)CC)c1. The molecule has 1 rings (SSSR count). The summed E-state index contributed by atoms with van der Waals surface area (Å²) in [5.41, 5.74) is 1.08. The van der Waals surface area contributed by atoms with Gasteiger partial charge in [0.1, 0.15) is 0 Å². The summed E-state index contributed by atoms with van der Waals surface area (Å²) in [6.45, 7) is 3.65. The van der Waals surface area contributed by atoms with Crippen molar-refractivity contribution in [3.05, 3.63) is 42.0 Å². The molecule has 0 saturated carbocycles. The van der Waals surface area contributed by atoms with E-state index in [9.17, 15) is 8.42 Å². The zero-order chi connectivity index (χ0) is 12.0. The standard InChI is InChI=1S/C13H18O2S/c1-3-5-6-8-12-9-7-10-13(11-12)16(14,15)4-2/h3,5,7,9-11H,4,6,8H2,1-2H3/b5-3-. The molecule has 0 aromatic heterocycles. The van der Waals surface area contributed by atoms with Crippen LogP contribution in [0.1, 0.15) is 25.8 Å². The lowest BCUT2D eigenvalue weighted by Crippen LogP contribution is -2.03. The normalized spacial score (nSPS) is 12.1. The molecule has 0 atom stereocenters. The van der Waals surface area contributed by atoms with Gasteiger partial charge in [-0.2, -0.15) is 0 Å². The smallest absolute Gasteiger partial charge is 0.178 e. The summed E-state index contributed by atoms with van der Waals surface area (Å²) in [7, 11) is -3.07. The van der Waals surface area contributed by atoms with Crippen molar-refractivity contribution in [3.8, 4) is 0 Å². The van der Waals surface area contributed by atoms with Gasteiger partial charge < -0.3 is 0 Å². The second-order valence-corrected chi connectivity index (χ2v) is 5.94. The number of benzene rings is 1. The molecule has 2 nitrogen and oxygen atoms in total. The first-order valence-corrected chi connectivity index (χ1v) is 7.18. The number of rotatable bonds is 5. The Bertz CT molecular complexity index is 459. The molecule has 1 aromatic carbocycles. The van der Waals surface area contributed by atoms with Crippen molar-refractivity contribution in [3.63, 3.8) is 0 Å². The maximum Gasteiger partial charge on any atom is 0.178 e. The van der Waals surface area contributed by atoms with Gasteiger partial charge in [0.05, 0.1) is 10.6 Å². The predicted octanol–water partition coefficient (Wildman–Crippen LogP) is 2.99. The lowest BCUT2D eigenvalue weighted by Gasteiger charge is -2.04. The van der Waals surface area contributed by atoms with E-state index in [0.29, 0.717) is 4.90 Å². The fourth-order valence-electron chi connectivity index (χ4n) is 1.48. The van der Waals surface area contributed by atoms with Crippen LogP contribution in [0, 0.1) is 0 Å². The van der Waals surface area contributed by atoms with Gasteiger partial charge in [0.15, 0.2) is 9.84 Å². The quantitative estimate of drug-likeness (QED) is 0.739. The molecule has 3 heteroatoms. The van der Waals surface area contributed by atoms with Crippen molar-refractivity contribution in [1.29, 1.82) is 0 Å². The van der Waals surface area contributed by atoms with Crippen LogP contribution in [0.5, 0.6) is 0 Å². The first-order valence-electron chi connectivity index (χ1n) is 5.53. The maximum absolute atomic E-state index is 11.7. The molecule has 0 bridgehead atoms. The van der Waals surface area contributed by atoms with Gasteiger partial charge >= 0.3 is 0 Å². The fourth-order valence-corrected chi connectivity index (χ4v) is 2.43. The number of aryl methyl sites for hydroxylation is 1. The lowest BCUT2D eigenvalue weighted by atomic mass is 10.1. The predicted molar refractivity (Wildman–Crippen MR) is 67.3 cm³/mol. The molecule has 88 valence electrons.